The van der Waals surface area contributed by atoms with Crippen molar-refractivity contribution in [1.29, 1.82) is 0 Å². The lowest BCUT2D eigenvalue weighted by atomic mass is 10.1. The highest BCUT2D eigenvalue weighted by molar-refractivity contribution is 6.00. The van der Waals surface area contributed by atoms with Crippen LogP contribution in [-0.4, -0.2) is 45.9 Å². The number of carbonyl (C=O) groups is 2. The van der Waals surface area contributed by atoms with E-state index in [1.165, 1.54) is 33.5 Å². The van der Waals surface area contributed by atoms with Crippen molar-refractivity contribution >= 4 is 28.8 Å². The topological polar surface area (TPSA) is 98.2 Å². The average Bonchev–Trinajstić information content (AvgIpc) is 2.81. The second-order valence-electron chi connectivity index (χ2n) is 6.46. The van der Waals surface area contributed by atoms with Gasteiger partial charge in [0.05, 0.1) is 34.1 Å². The Morgan fingerprint density at radius 3 is 2.29 bits per heavy atom. The summed E-state index contributed by atoms with van der Waals surface area (Å²) in [5.41, 5.74) is 3.55. The smallest absolute Gasteiger partial charge is 0.259 e. The molecule has 0 radical (unpaired) electrons. The summed E-state index contributed by atoms with van der Waals surface area (Å²) in [5, 5.41) is 8.63. The molecule has 0 aromatic heterocycles. The molecular weight excluding hydrogens is 398 g/mol. The molecular formula is C23H23N3O5. The molecule has 31 heavy (non-hydrogen) atoms. The molecule has 0 aliphatic carbocycles. The molecule has 0 atom stereocenters. The summed E-state index contributed by atoms with van der Waals surface area (Å²) in [6.07, 6.45) is 1.57. The van der Waals surface area contributed by atoms with E-state index in [4.69, 9.17) is 14.2 Å². The fourth-order valence-electron chi connectivity index (χ4n) is 3.05. The van der Waals surface area contributed by atoms with E-state index in [0.29, 0.717) is 17.2 Å². The van der Waals surface area contributed by atoms with Crippen LogP contribution in [0.25, 0.3) is 10.8 Å². The average molecular weight is 421 g/mol. The van der Waals surface area contributed by atoms with E-state index in [1.54, 1.807) is 6.21 Å². The number of benzene rings is 3. The van der Waals surface area contributed by atoms with Gasteiger partial charge in [0.1, 0.15) is 0 Å². The molecule has 0 bridgehead atoms. The van der Waals surface area contributed by atoms with Crippen LogP contribution in [0.1, 0.15) is 15.9 Å². The number of methoxy groups -OCH3 is 3. The zero-order valence-corrected chi connectivity index (χ0v) is 17.5. The third-order valence-electron chi connectivity index (χ3n) is 4.55. The van der Waals surface area contributed by atoms with Gasteiger partial charge < -0.3 is 19.5 Å². The highest BCUT2D eigenvalue weighted by atomic mass is 16.5. The SMILES string of the molecule is COc1cc(C(=O)NCC(=O)NN=Cc2cccc3ccccc23)cc(OC)c1OC. The van der Waals surface area contributed by atoms with E-state index >= 15 is 0 Å². The Bertz CT molecular complexity index is 1100. The summed E-state index contributed by atoms with van der Waals surface area (Å²) in [5.74, 6) is 0.138. The van der Waals surface area contributed by atoms with Crippen LogP contribution in [0.4, 0.5) is 0 Å². The fourth-order valence-corrected chi connectivity index (χ4v) is 3.05. The van der Waals surface area contributed by atoms with E-state index in [9.17, 15) is 9.59 Å². The van der Waals surface area contributed by atoms with Gasteiger partial charge in [0.15, 0.2) is 11.5 Å². The van der Waals surface area contributed by atoms with Gasteiger partial charge in [-0.2, -0.15) is 5.10 Å². The molecule has 3 rings (SSSR count). The monoisotopic (exact) mass is 421 g/mol. The van der Waals surface area contributed by atoms with Gasteiger partial charge in [-0.15, -0.1) is 0 Å². The normalized spacial score (nSPS) is 10.7. The van der Waals surface area contributed by atoms with Crippen LogP contribution in [0.5, 0.6) is 17.2 Å². The summed E-state index contributed by atoms with van der Waals surface area (Å²) in [6, 6.07) is 16.7. The number of hydrogen-bond donors (Lipinski definition) is 2. The largest absolute Gasteiger partial charge is 0.493 e. The number of hydrazone groups is 1. The molecule has 8 nitrogen and oxygen atoms in total. The van der Waals surface area contributed by atoms with Crippen LogP contribution in [0.2, 0.25) is 0 Å². The lowest BCUT2D eigenvalue weighted by Crippen LogP contribution is -2.34. The third kappa shape index (κ3) is 5.11. The molecule has 0 saturated heterocycles. The summed E-state index contributed by atoms with van der Waals surface area (Å²) >= 11 is 0. The number of amides is 2. The Morgan fingerprint density at radius 2 is 1.61 bits per heavy atom. The molecule has 2 N–H and O–H groups in total. The molecule has 0 fully saturated rings. The highest BCUT2D eigenvalue weighted by Crippen LogP contribution is 2.38. The maximum absolute atomic E-state index is 12.4. The second-order valence-corrected chi connectivity index (χ2v) is 6.46. The van der Waals surface area contributed by atoms with Gasteiger partial charge >= 0.3 is 0 Å². The predicted molar refractivity (Wildman–Crippen MR) is 118 cm³/mol. The van der Waals surface area contributed by atoms with E-state index < -0.39 is 11.8 Å². The van der Waals surface area contributed by atoms with E-state index in [0.717, 1.165) is 16.3 Å². The molecule has 0 unspecified atom stereocenters. The van der Waals surface area contributed by atoms with Crippen LogP contribution >= 0.6 is 0 Å². The zero-order valence-electron chi connectivity index (χ0n) is 17.5. The molecule has 8 heteroatoms. The van der Waals surface area contributed by atoms with Gasteiger partial charge in [-0.1, -0.05) is 42.5 Å². The number of fused-ring (bicyclic) bond motifs is 1. The first-order chi connectivity index (χ1) is 15.1. The molecule has 0 saturated carbocycles. The number of carbonyl (C=O) groups excluding carboxylic acids is 2. The van der Waals surface area contributed by atoms with Crippen LogP contribution in [0.15, 0.2) is 59.7 Å². The minimum atomic E-state index is -0.465. The molecule has 0 aliphatic rings. The van der Waals surface area contributed by atoms with E-state index in [-0.39, 0.29) is 12.1 Å². The first-order valence-corrected chi connectivity index (χ1v) is 9.45. The van der Waals surface area contributed by atoms with Crippen LogP contribution in [0, 0.1) is 0 Å². The summed E-state index contributed by atoms with van der Waals surface area (Å²) in [4.78, 5) is 24.5. The quantitative estimate of drug-likeness (QED) is 0.431. The van der Waals surface area contributed by atoms with Crippen molar-refractivity contribution in [2.75, 3.05) is 27.9 Å². The van der Waals surface area contributed by atoms with Gasteiger partial charge in [-0.3, -0.25) is 9.59 Å². The molecule has 0 aliphatic heterocycles. The molecule has 0 spiro atoms. The lowest BCUT2D eigenvalue weighted by Gasteiger charge is -2.14. The van der Waals surface area contributed by atoms with E-state index in [1.807, 2.05) is 42.5 Å². The number of hydrogen-bond acceptors (Lipinski definition) is 6. The van der Waals surface area contributed by atoms with Crippen molar-refractivity contribution in [2.24, 2.45) is 5.10 Å². The standard InChI is InChI=1S/C23H23N3O5/c1-29-19-11-17(12-20(30-2)22(19)31-3)23(28)24-14-21(27)26-25-13-16-9-6-8-15-7-4-5-10-18(15)16/h4-13H,14H2,1-3H3,(H,24,28)(H,26,27). The first kappa shape index (κ1) is 21.6. The minimum absolute atomic E-state index is 0.248. The van der Waals surface area contributed by atoms with Crippen molar-refractivity contribution in [3.05, 3.63) is 65.7 Å². The van der Waals surface area contributed by atoms with Crippen LogP contribution in [-0.2, 0) is 4.79 Å². The maximum atomic E-state index is 12.4. The molecule has 160 valence electrons. The van der Waals surface area contributed by atoms with Crippen molar-refractivity contribution in [3.63, 3.8) is 0 Å². The minimum Gasteiger partial charge on any atom is -0.493 e. The number of nitrogens with one attached hydrogen (secondary N) is 2. The Labute approximate surface area is 179 Å². The predicted octanol–water partition coefficient (Wildman–Crippen LogP) is 2.75. The molecule has 3 aromatic rings. The summed E-state index contributed by atoms with van der Waals surface area (Å²) in [7, 11) is 4.39. The van der Waals surface area contributed by atoms with Gasteiger partial charge in [0, 0.05) is 11.1 Å². The Morgan fingerprint density at radius 1 is 0.935 bits per heavy atom. The van der Waals surface area contributed by atoms with Gasteiger partial charge in [0.2, 0.25) is 5.75 Å². The van der Waals surface area contributed by atoms with Crippen molar-refractivity contribution in [2.45, 2.75) is 0 Å². The van der Waals surface area contributed by atoms with Crippen LogP contribution in [0.3, 0.4) is 0 Å². The third-order valence-corrected chi connectivity index (χ3v) is 4.55. The number of rotatable bonds is 8. The van der Waals surface area contributed by atoms with Gasteiger partial charge in [0.25, 0.3) is 11.8 Å². The lowest BCUT2D eigenvalue weighted by molar-refractivity contribution is -0.120. The summed E-state index contributed by atoms with van der Waals surface area (Å²) < 4.78 is 15.7. The Balaban J connectivity index is 1.60. The Kier molecular flexibility index (Phi) is 7.05. The second kappa shape index (κ2) is 10.1. The van der Waals surface area contributed by atoms with Crippen molar-refractivity contribution in [1.82, 2.24) is 10.7 Å². The molecule has 3 aromatic carbocycles. The Hall–Kier alpha value is -4.07. The molecule has 0 heterocycles. The van der Waals surface area contributed by atoms with Gasteiger partial charge in [-0.25, -0.2) is 5.43 Å². The highest BCUT2D eigenvalue weighted by Gasteiger charge is 2.17. The number of ether oxygens (including phenoxy) is 3. The van der Waals surface area contributed by atoms with Crippen molar-refractivity contribution in [3.8, 4) is 17.2 Å². The first-order valence-electron chi connectivity index (χ1n) is 9.45. The van der Waals surface area contributed by atoms with Gasteiger partial charge in [-0.05, 0) is 22.9 Å². The summed E-state index contributed by atoms with van der Waals surface area (Å²) in [6.45, 7) is -0.248. The zero-order chi connectivity index (χ0) is 22.2. The van der Waals surface area contributed by atoms with Crippen LogP contribution < -0.4 is 25.0 Å². The van der Waals surface area contributed by atoms with E-state index in [2.05, 4.69) is 15.8 Å². The van der Waals surface area contributed by atoms with Crippen molar-refractivity contribution < 1.29 is 23.8 Å². The number of nitrogens with zero attached hydrogens (tertiary/aromatic N) is 1. The fraction of sp³-hybridized carbons (Fsp3) is 0.174. The molecule has 2 amide bonds. The maximum Gasteiger partial charge on any atom is 0.259 e.